The second-order valence-electron chi connectivity index (χ2n) is 4.93. The van der Waals surface area contributed by atoms with Gasteiger partial charge in [0.1, 0.15) is 5.82 Å². The molecule has 0 aliphatic heterocycles. The Morgan fingerprint density at radius 3 is 2.79 bits per heavy atom. The monoisotopic (exact) mass is 511 g/mol. The second-order valence-corrected chi connectivity index (χ2v) is 5.84. The van der Waals surface area contributed by atoms with Gasteiger partial charge in [-0.1, -0.05) is 27.2 Å². The number of rotatable bonds is 6. The van der Waals surface area contributed by atoms with Crippen LogP contribution in [0.4, 0.5) is 4.39 Å². The van der Waals surface area contributed by atoms with Crippen LogP contribution in [0.3, 0.4) is 0 Å². The molecule has 0 spiro atoms. The standard InChI is InChI=1S/C15H19BrFN5O.HI/c1-10-21-14(23-22-10)9-20-15(18-2)19-7-3-4-11-5-6-12(16)8-13(11)17;/h5-6,8H,3-4,7,9H2,1-2H3,(H2,18,19,20);1H. The van der Waals surface area contributed by atoms with E-state index in [1.165, 1.54) is 6.07 Å². The van der Waals surface area contributed by atoms with Crippen LogP contribution in [-0.4, -0.2) is 29.7 Å². The van der Waals surface area contributed by atoms with E-state index in [0.29, 0.717) is 42.7 Å². The van der Waals surface area contributed by atoms with Crippen molar-refractivity contribution in [3.8, 4) is 0 Å². The summed E-state index contributed by atoms with van der Waals surface area (Å²) in [6, 6.07) is 5.12. The molecule has 1 heterocycles. The summed E-state index contributed by atoms with van der Waals surface area (Å²) in [5.41, 5.74) is 0.708. The number of hydrogen-bond donors (Lipinski definition) is 2. The third-order valence-corrected chi connectivity index (χ3v) is 3.62. The molecule has 0 saturated carbocycles. The number of aliphatic imine (C=N–C) groups is 1. The lowest BCUT2D eigenvalue weighted by Crippen LogP contribution is -2.37. The summed E-state index contributed by atoms with van der Waals surface area (Å²) < 4.78 is 19.5. The lowest BCUT2D eigenvalue weighted by molar-refractivity contribution is 0.371. The minimum Gasteiger partial charge on any atom is -0.356 e. The van der Waals surface area contributed by atoms with Crippen molar-refractivity contribution in [1.29, 1.82) is 0 Å². The number of aryl methyl sites for hydroxylation is 2. The number of nitrogens with one attached hydrogen (secondary N) is 2. The molecule has 0 unspecified atom stereocenters. The molecule has 2 rings (SSSR count). The van der Waals surface area contributed by atoms with Gasteiger partial charge in [-0.05, 0) is 37.5 Å². The molecule has 1 aromatic carbocycles. The Morgan fingerprint density at radius 1 is 1.38 bits per heavy atom. The van der Waals surface area contributed by atoms with Gasteiger partial charge < -0.3 is 15.2 Å². The first-order valence-corrected chi connectivity index (χ1v) is 8.05. The summed E-state index contributed by atoms with van der Waals surface area (Å²) in [7, 11) is 1.68. The van der Waals surface area contributed by atoms with Gasteiger partial charge in [0.15, 0.2) is 11.8 Å². The average Bonchev–Trinajstić information content (AvgIpc) is 2.94. The number of guanidine groups is 1. The Morgan fingerprint density at radius 2 is 2.17 bits per heavy atom. The fourth-order valence-corrected chi connectivity index (χ4v) is 2.33. The lowest BCUT2D eigenvalue weighted by Gasteiger charge is -2.10. The lowest BCUT2D eigenvalue weighted by atomic mass is 10.1. The predicted molar refractivity (Wildman–Crippen MR) is 105 cm³/mol. The number of aromatic nitrogens is 2. The number of halogens is 3. The zero-order chi connectivity index (χ0) is 16.7. The van der Waals surface area contributed by atoms with Crippen molar-refractivity contribution in [2.75, 3.05) is 13.6 Å². The van der Waals surface area contributed by atoms with E-state index in [-0.39, 0.29) is 29.8 Å². The molecule has 2 aromatic rings. The maximum Gasteiger partial charge on any atom is 0.246 e. The summed E-state index contributed by atoms with van der Waals surface area (Å²) in [5.74, 6) is 1.55. The van der Waals surface area contributed by atoms with Crippen molar-refractivity contribution in [2.45, 2.75) is 26.3 Å². The van der Waals surface area contributed by atoms with E-state index in [0.717, 1.165) is 10.9 Å². The van der Waals surface area contributed by atoms with Gasteiger partial charge in [-0.25, -0.2) is 4.39 Å². The topological polar surface area (TPSA) is 75.3 Å². The molecule has 0 aliphatic rings. The smallest absolute Gasteiger partial charge is 0.246 e. The first-order chi connectivity index (χ1) is 11.1. The van der Waals surface area contributed by atoms with Crippen molar-refractivity contribution in [2.24, 2.45) is 4.99 Å². The SMILES string of the molecule is CN=C(NCCCc1ccc(Br)cc1F)NCc1nc(C)no1.I. The van der Waals surface area contributed by atoms with Crippen LogP contribution in [0.25, 0.3) is 0 Å². The number of nitrogens with zero attached hydrogens (tertiary/aromatic N) is 3. The van der Waals surface area contributed by atoms with E-state index in [2.05, 4.69) is 41.7 Å². The van der Waals surface area contributed by atoms with E-state index in [1.54, 1.807) is 20.0 Å². The van der Waals surface area contributed by atoms with E-state index in [4.69, 9.17) is 4.52 Å². The summed E-state index contributed by atoms with van der Waals surface area (Å²) in [4.78, 5) is 8.21. The Kier molecular flexibility index (Phi) is 9.19. The third kappa shape index (κ3) is 6.71. The maximum absolute atomic E-state index is 13.7. The normalized spacial score (nSPS) is 11.1. The molecule has 0 saturated heterocycles. The van der Waals surface area contributed by atoms with Gasteiger partial charge in [0.2, 0.25) is 5.89 Å². The molecule has 132 valence electrons. The Balaban J connectivity index is 0.00000288. The fraction of sp³-hybridized carbons (Fsp3) is 0.400. The van der Waals surface area contributed by atoms with Crippen LogP contribution in [0.15, 0.2) is 32.2 Å². The molecule has 2 N–H and O–H groups in total. The predicted octanol–water partition coefficient (Wildman–Crippen LogP) is 3.20. The minimum atomic E-state index is -0.186. The molecule has 0 radical (unpaired) electrons. The molecule has 9 heteroatoms. The van der Waals surface area contributed by atoms with Crippen molar-refractivity contribution in [1.82, 2.24) is 20.8 Å². The van der Waals surface area contributed by atoms with E-state index < -0.39 is 0 Å². The third-order valence-electron chi connectivity index (χ3n) is 3.13. The number of hydrogen-bond acceptors (Lipinski definition) is 4. The van der Waals surface area contributed by atoms with Crippen LogP contribution in [0, 0.1) is 12.7 Å². The van der Waals surface area contributed by atoms with Crippen LogP contribution >= 0.6 is 39.9 Å². The summed E-state index contributed by atoms with van der Waals surface area (Å²) in [5, 5.41) is 9.96. The van der Waals surface area contributed by atoms with Gasteiger partial charge >= 0.3 is 0 Å². The zero-order valence-corrected chi connectivity index (χ0v) is 17.4. The van der Waals surface area contributed by atoms with Gasteiger partial charge in [0.25, 0.3) is 0 Å². The number of benzene rings is 1. The molecular formula is C15H20BrFIN5O. The van der Waals surface area contributed by atoms with Gasteiger partial charge in [0.05, 0.1) is 6.54 Å². The van der Waals surface area contributed by atoms with E-state index in [1.807, 2.05) is 6.07 Å². The Hall–Kier alpha value is -1.23. The zero-order valence-electron chi connectivity index (χ0n) is 13.5. The summed E-state index contributed by atoms with van der Waals surface area (Å²) in [6.07, 6.45) is 1.45. The summed E-state index contributed by atoms with van der Waals surface area (Å²) >= 11 is 3.25. The maximum atomic E-state index is 13.7. The van der Waals surface area contributed by atoms with E-state index >= 15 is 0 Å². The van der Waals surface area contributed by atoms with Crippen LogP contribution < -0.4 is 10.6 Å². The Labute approximate surface area is 165 Å². The minimum absolute atomic E-state index is 0. The molecule has 0 fully saturated rings. The van der Waals surface area contributed by atoms with Crippen molar-refractivity contribution in [3.63, 3.8) is 0 Å². The highest BCUT2D eigenvalue weighted by atomic mass is 127. The highest BCUT2D eigenvalue weighted by molar-refractivity contribution is 14.0. The van der Waals surface area contributed by atoms with Gasteiger partial charge in [-0.15, -0.1) is 24.0 Å². The van der Waals surface area contributed by atoms with Crippen LogP contribution in [0.2, 0.25) is 0 Å². The van der Waals surface area contributed by atoms with Crippen molar-refractivity contribution in [3.05, 3.63) is 45.8 Å². The highest BCUT2D eigenvalue weighted by Crippen LogP contribution is 2.16. The van der Waals surface area contributed by atoms with Crippen LogP contribution in [0.5, 0.6) is 0 Å². The van der Waals surface area contributed by atoms with Crippen LogP contribution in [-0.2, 0) is 13.0 Å². The molecule has 0 aliphatic carbocycles. The largest absolute Gasteiger partial charge is 0.356 e. The first-order valence-electron chi connectivity index (χ1n) is 7.26. The molecule has 0 amide bonds. The molecule has 24 heavy (non-hydrogen) atoms. The molecular weight excluding hydrogens is 492 g/mol. The second kappa shape index (κ2) is 10.6. The van der Waals surface area contributed by atoms with Gasteiger partial charge in [-0.3, -0.25) is 4.99 Å². The molecule has 0 atom stereocenters. The quantitative estimate of drug-likeness (QED) is 0.269. The van der Waals surface area contributed by atoms with Crippen molar-refractivity contribution < 1.29 is 8.91 Å². The van der Waals surface area contributed by atoms with Gasteiger partial charge in [-0.2, -0.15) is 4.98 Å². The summed E-state index contributed by atoms with van der Waals surface area (Å²) in [6.45, 7) is 2.85. The van der Waals surface area contributed by atoms with Crippen LogP contribution in [0.1, 0.15) is 23.7 Å². The van der Waals surface area contributed by atoms with Gasteiger partial charge in [0, 0.05) is 18.1 Å². The van der Waals surface area contributed by atoms with E-state index in [9.17, 15) is 4.39 Å². The first kappa shape index (κ1) is 20.8. The fourth-order valence-electron chi connectivity index (χ4n) is 2.00. The Bertz CT molecular complexity index is 680. The van der Waals surface area contributed by atoms with Crippen molar-refractivity contribution >= 4 is 45.9 Å². The average molecular weight is 512 g/mol. The molecule has 6 nitrogen and oxygen atoms in total. The molecule has 1 aromatic heterocycles. The molecule has 0 bridgehead atoms. The highest BCUT2D eigenvalue weighted by Gasteiger charge is 2.05.